The molecule has 0 heterocycles. The van der Waals surface area contributed by atoms with Crippen LogP contribution in [0.15, 0.2) is 60.7 Å². The molecule has 4 rings (SSSR count). The maximum Gasteiger partial charge on any atom is -0.147 e. The minimum absolute atomic E-state index is 0. The number of fused-ring (bicyclic) bond motifs is 2. The maximum atomic E-state index is 2.49. The second kappa shape index (κ2) is 8.09. The van der Waals surface area contributed by atoms with Gasteiger partial charge in [0.15, 0.2) is 0 Å². The Morgan fingerprint density at radius 3 is 1.54 bits per heavy atom. The summed E-state index contributed by atoms with van der Waals surface area (Å²) in [7, 11) is 0. The third-order valence-corrected chi connectivity index (χ3v) is 13.5. The molecule has 0 aliphatic heterocycles. The van der Waals surface area contributed by atoms with Crippen LogP contribution in [0, 0.1) is 0 Å². The minimum Gasteiger partial charge on any atom is -0.147 e. The van der Waals surface area contributed by atoms with Gasteiger partial charge in [-0.3, -0.25) is 0 Å². The molecule has 0 nitrogen and oxygen atoms in total. The SMILES string of the molecule is C[C](C)=[Zr]([CH]1C=Cc2ccccc21)[CH]1C=Cc2ccccc21.Cl.Cl. The van der Waals surface area contributed by atoms with Gasteiger partial charge >= 0.3 is 141 Å². The Bertz CT molecular complexity index is 766. The van der Waals surface area contributed by atoms with E-state index < -0.39 is 21.3 Å². The van der Waals surface area contributed by atoms with Gasteiger partial charge in [-0.2, -0.15) is 0 Å². The van der Waals surface area contributed by atoms with Crippen LogP contribution in [0.1, 0.15) is 43.4 Å². The van der Waals surface area contributed by atoms with Crippen molar-refractivity contribution in [3.63, 3.8) is 0 Å². The number of rotatable bonds is 2. The van der Waals surface area contributed by atoms with Gasteiger partial charge in [0.1, 0.15) is 0 Å². The number of hydrogen-bond acceptors (Lipinski definition) is 0. The Labute approximate surface area is 164 Å². The summed E-state index contributed by atoms with van der Waals surface area (Å²) in [5.41, 5.74) is 6.00. The van der Waals surface area contributed by atoms with E-state index >= 15 is 0 Å². The summed E-state index contributed by atoms with van der Waals surface area (Å²) >= 11 is -1.84. The monoisotopic (exact) mass is 434 g/mol. The smallest absolute Gasteiger partial charge is 0.147 e. The fourth-order valence-corrected chi connectivity index (χ4v) is 12.3. The van der Waals surface area contributed by atoms with Crippen LogP contribution in [0.5, 0.6) is 0 Å². The van der Waals surface area contributed by atoms with Crippen molar-refractivity contribution < 1.29 is 21.3 Å². The molecule has 0 spiro atoms. The molecule has 3 heteroatoms. The molecular formula is C21H22Cl2Zr. The van der Waals surface area contributed by atoms with Crippen molar-refractivity contribution in [2.75, 3.05) is 0 Å². The zero-order valence-corrected chi connectivity index (χ0v) is 18.0. The summed E-state index contributed by atoms with van der Waals surface area (Å²) in [6.45, 7) is 4.75. The van der Waals surface area contributed by atoms with Crippen LogP contribution in [-0.4, -0.2) is 3.21 Å². The van der Waals surface area contributed by atoms with Crippen molar-refractivity contribution in [3.05, 3.63) is 82.9 Å². The number of hydrogen-bond donors (Lipinski definition) is 0. The van der Waals surface area contributed by atoms with E-state index in [9.17, 15) is 0 Å². The number of halogens is 2. The van der Waals surface area contributed by atoms with E-state index in [1.165, 1.54) is 11.1 Å². The van der Waals surface area contributed by atoms with Crippen LogP contribution in [0.2, 0.25) is 0 Å². The largest absolute Gasteiger partial charge is 0.147 e. The summed E-state index contributed by atoms with van der Waals surface area (Å²) in [5, 5.41) is 0. The van der Waals surface area contributed by atoms with Gasteiger partial charge in [-0.25, -0.2) is 0 Å². The Kier molecular flexibility index (Phi) is 6.60. The zero-order chi connectivity index (χ0) is 15.1. The second-order valence-electron chi connectivity index (χ2n) is 6.39. The molecule has 0 fully saturated rings. The van der Waals surface area contributed by atoms with Gasteiger partial charge < -0.3 is 0 Å². The number of allylic oxidation sites excluding steroid dienone is 2. The van der Waals surface area contributed by atoms with Crippen LogP contribution >= 0.6 is 24.8 Å². The van der Waals surface area contributed by atoms with Crippen molar-refractivity contribution in [3.8, 4) is 0 Å². The van der Waals surface area contributed by atoms with E-state index in [-0.39, 0.29) is 24.8 Å². The Balaban J connectivity index is 0.00000104. The van der Waals surface area contributed by atoms with Gasteiger partial charge in [0.25, 0.3) is 0 Å². The average Bonchev–Trinajstić information content (AvgIpc) is 3.13. The van der Waals surface area contributed by atoms with Crippen LogP contribution in [0.3, 0.4) is 0 Å². The number of benzene rings is 2. The first kappa shape index (κ1) is 19.6. The fraction of sp³-hybridized carbons (Fsp3) is 0.190. The summed E-state index contributed by atoms with van der Waals surface area (Å²) in [6, 6.07) is 17.9. The first-order chi connectivity index (χ1) is 10.8. The predicted molar refractivity (Wildman–Crippen MR) is 107 cm³/mol. The minimum atomic E-state index is -1.84. The van der Waals surface area contributed by atoms with Crippen molar-refractivity contribution in [2.45, 2.75) is 21.1 Å². The Morgan fingerprint density at radius 1 is 0.708 bits per heavy atom. The van der Waals surface area contributed by atoms with Crippen molar-refractivity contribution in [2.24, 2.45) is 0 Å². The molecule has 2 aromatic rings. The molecule has 0 bridgehead atoms. The molecular weight excluding hydrogens is 414 g/mol. The van der Waals surface area contributed by atoms with E-state index in [0.717, 1.165) is 0 Å². The molecule has 124 valence electrons. The normalized spacial score (nSPS) is 19.1. The molecule has 2 aliphatic carbocycles. The van der Waals surface area contributed by atoms with Crippen LogP contribution in [0.25, 0.3) is 12.2 Å². The van der Waals surface area contributed by atoms with E-state index in [1.807, 2.05) is 0 Å². The van der Waals surface area contributed by atoms with Crippen LogP contribution in [0.4, 0.5) is 0 Å². The van der Waals surface area contributed by atoms with Gasteiger partial charge in [-0.1, -0.05) is 0 Å². The summed E-state index contributed by atoms with van der Waals surface area (Å²) in [5.74, 6) is 0. The molecule has 2 aliphatic rings. The fourth-order valence-electron chi connectivity index (χ4n) is 3.86. The molecule has 0 saturated heterocycles. The molecule has 2 atom stereocenters. The second-order valence-corrected chi connectivity index (χ2v) is 14.1. The third-order valence-electron chi connectivity index (χ3n) is 4.85. The molecule has 0 amide bonds. The van der Waals surface area contributed by atoms with Crippen molar-refractivity contribution >= 4 is 40.2 Å². The third kappa shape index (κ3) is 3.32. The first-order valence-electron chi connectivity index (χ1n) is 7.97. The quantitative estimate of drug-likeness (QED) is 0.526. The predicted octanol–water partition coefficient (Wildman–Crippen LogP) is 6.20. The van der Waals surface area contributed by atoms with Gasteiger partial charge in [-0.15, -0.1) is 24.8 Å². The summed E-state index contributed by atoms with van der Waals surface area (Å²) in [4.78, 5) is 0. The van der Waals surface area contributed by atoms with Gasteiger partial charge in [0, 0.05) is 0 Å². The average molecular weight is 437 g/mol. The van der Waals surface area contributed by atoms with E-state index in [1.54, 1.807) is 14.3 Å². The van der Waals surface area contributed by atoms with Crippen LogP contribution in [-0.2, 0) is 21.3 Å². The Hall–Kier alpha value is -0.747. The standard InChI is InChI=1S/2C9H7.C3H6.2ClH.Zr/c2*1-2-5-9-7-3-6-8(9)4-1;1-3-2;;;/h2*1-7H;1-2H3;2*1H;. The summed E-state index contributed by atoms with van der Waals surface area (Å²) < 4.78 is 3.08. The zero-order valence-electron chi connectivity index (χ0n) is 13.9. The molecule has 0 N–H and O–H groups in total. The molecule has 2 unspecified atom stereocenters. The Morgan fingerprint density at radius 2 is 1.12 bits per heavy atom. The molecule has 2 aromatic carbocycles. The molecule has 24 heavy (non-hydrogen) atoms. The van der Waals surface area contributed by atoms with Gasteiger partial charge in [0.2, 0.25) is 0 Å². The first-order valence-corrected chi connectivity index (χ1v) is 12.0. The van der Waals surface area contributed by atoms with E-state index in [2.05, 4.69) is 86.7 Å². The molecule has 0 saturated carbocycles. The molecule has 0 radical (unpaired) electrons. The van der Waals surface area contributed by atoms with Crippen molar-refractivity contribution in [1.29, 1.82) is 0 Å². The van der Waals surface area contributed by atoms with Gasteiger partial charge in [0.05, 0.1) is 0 Å². The van der Waals surface area contributed by atoms with Gasteiger partial charge in [-0.05, 0) is 0 Å². The van der Waals surface area contributed by atoms with E-state index in [0.29, 0.717) is 7.25 Å². The maximum absolute atomic E-state index is 2.49. The topological polar surface area (TPSA) is 0 Å². The van der Waals surface area contributed by atoms with E-state index in [4.69, 9.17) is 0 Å². The summed E-state index contributed by atoms with van der Waals surface area (Å²) in [6.07, 6.45) is 9.66. The van der Waals surface area contributed by atoms with Crippen LogP contribution < -0.4 is 0 Å². The van der Waals surface area contributed by atoms with Crippen molar-refractivity contribution in [1.82, 2.24) is 0 Å². The molecule has 0 aromatic heterocycles.